The van der Waals surface area contributed by atoms with Gasteiger partial charge in [0.2, 0.25) is 0 Å². The highest BCUT2D eigenvalue weighted by atomic mass is 16.5. The maximum atomic E-state index is 11.5. The normalized spacial score (nSPS) is 21.9. The van der Waals surface area contributed by atoms with Crippen LogP contribution >= 0.6 is 0 Å². The third-order valence-corrected chi connectivity index (χ3v) is 9.13. The molecule has 2 fully saturated rings. The van der Waals surface area contributed by atoms with Gasteiger partial charge in [-0.25, -0.2) is 4.79 Å². The Morgan fingerprint density at radius 2 is 1.52 bits per heavy atom. The fourth-order valence-electron chi connectivity index (χ4n) is 6.95. The van der Waals surface area contributed by atoms with Gasteiger partial charge in [-0.15, -0.1) is 0 Å². The number of rotatable bonds is 10. The van der Waals surface area contributed by atoms with Crippen molar-refractivity contribution >= 4 is 5.97 Å². The Labute approximate surface area is 260 Å². The highest BCUT2D eigenvalue weighted by molar-refractivity contribution is 5.68. The van der Waals surface area contributed by atoms with Gasteiger partial charge in [-0.3, -0.25) is 0 Å². The Kier molecular flexibility index (Phi) is 9.13. The van der Waals surface area contributed by atoms with Gasteiger partial charge in [-0.1, -0.05) is 97.8 Å². The predicted octanol–water partition coefficient (Wildman–Crippen LogP) is 9.61. The zero-order valence-electron chi connectivity index (χ0n) is 25.2. The summed E-state index contributed by atoms with van der Waals surface area (Å²) in [6.45, 7) is 6.04. The smallest absolute Gasteiger partial charge is 0.341 e. The second kappa shape index (κ2) is 13.5. The molecule has 1 aliphatic carbocycles. The Morgan fingerprint density at radius 1 is 0.864 bits per heavy atom. The second-order valence-corrected chi connectivity index (χ2v) is 12.1. The van der Waals surface area contributed by atoms with E-state index in [1.807, 2.05) is 48.5 Å². The molecule has 4 aromatic carbocycles. The third-order valence-electron chi connectivity index (χ3n) is 9.13. The zero-order valence-corrected chi connectivity index (χ0v) is 25.2. The SMILES string of the molecule is C=C(C)[C@@H]1C[C@@H](c2ccc(-c3ccccc3)cc2)[C@@H](C2CCCC2)O[C@H]1c1cc(Oc2ccccc2)ccc1OCC(=O)O. The molecule has 1 saturated carbocycles. The lowest BCUT2D eigenvalue weighted by Crippen LogP contribution is -2.40. The molecule has 5 nitrogen and oxygen atoms in total. The molecule has 0 unspecified atom stereocenters. The molecule has 0 radical (unpaired) electrons. The van der Waals surface area contributed by atoms with Crippen molar-refractivity contribution in [3.05, 3.63) is 126 Å². The number of ether oxygens (including phenoxy) is 3. The van der Waals surface area contributed by atoms with Crippen LogP contribution in [0, 0.1) is 11.8 Å². The number of carbonyl (C=O) groups is 1. The van der Waals surface area contributed by atoms with Crippen molar-refractivity contribution in [2.75, 3.05) is 6.61 Å². The van der Waals surface area contributed by atoms with E-state index in [0.717, 1.165) is 36.1 Å². The molecule has 4 aromatic rings. The summed E-state index contributed by atoms with van der Waals surface area (Å²) in [6, 6.07) is 34.6. The highest BCUT2D eigenvalue weighted by Gasteiger charge is 2.44. The summed E-state index contributed by atoms with van der Waals surface area (Å²) in [5.41, 5.74) is 5.53. The van der Waals surface area contributed by atoms with Crippen molar-refractivity contribution in [2.45, 2.75) is 57.2 Å². The van der Waals surface area contributed by atoms with Gasteiger partial charge in [0.05, 0.1) is 12.2 Å². The Bertz CT molecular complexity index is 1560. The number of aliphatic carboxylic acids is 1. The number of benzene rings is 4. The average molecular weight is 589 g/mol. The van der Waals surface area contributed by atoms with Crippen LogP contribution in [0.15, 0.2) is 115 Å². The van der Waals surface area contributed by atoms with Gasteiger partial charge >= 0.3 is 5.97 Å². The van der Waals surface area contributed by atoms with Crippen LogP contribution in [-0.2, 0) is 9.53 Å². The molecule has 0 bridgehead atoms. The minimum atomic E-state index is -1.02. The summed E-state index contributed by atoms with van der Waals surface area (Å²) in [4.78, 5) is 11.5. The molecule has 2 aliphatic rings. The van der Waals surface area contributed by atoms with E-state index in [9.17, 15) is 9.90 Å². The summed E-state index contributed by atoms with van der Waals surface area (Å²) in [6.07, 6.45) is 5.28. The van der Waals surface area contributed by atoms with Crippen LogP contribution in [0.4, 0.5) is 0 Å². The van der Waals surface area contributed by atoms with Crippen LogP contribution in [0.25, 0.3) is 11.1 Å². The minimum Gasteiger partial charge on any atom is -0.482 e. The first kappa shape index (κ1) is 29.7. The summed E-state index contributed by atoms with van der Waals surface area (Å²) in [5.74, 6) is 1.52. The van der Waals surface area contributed by atoms with Crippen LogP contribution in [0.3, 0.4) is 0 Å². The van der Waals surface area contributed by atoms with Crippen LogP contribution in [0.1, 0.15) is 62.2 Å². The topological polar surface area (TPSA) is 65.0 Å². The lowest BCUT2D eigenvalue weighted by molar-refractivity contribution is -0.139. The summed E-state index contributed by atoms with van der Waals surface area (Å²) in [5, 5.41) is 9.41. The van der Waals surface area contributed by atoms with Crippen LogP contribution in [0.2, 0.25) is 0 Å². The number of carboxylic acid groups (broad SMARTS) is 1. The van der Waals surface area contributed by atoms with Gasteiger partial charge in [0.1, 0.15) is 17.2 Å². The summed E-state index contributed by atoms with van der Waals surface area (Å²) >= 11 is 0. The number of hydrogen-bond acceptors (Lipinski definition) is 4. The largest absolute Gasteiger partial charge is 0.482 e. The fraction of sp³-hybridized carbons (Fsp3) is 0.308. The van der Waals surface area contributed by atoms with Crippen molar-refractivity contribution < 1.29 is 24.1 Å². The molecule has 0 spiro atoms. The second-order valence-electron chi connectivity index (χ2n) is 12.1. The van der Waals surface area contributed by atoms with Gasteiger partial charge in [0.15, 0.2) is 6.61 Å². The van der Waals surface area contributed by atoms with E-state index < -0.39 is 12.6 Å². The van der Waals surface area contributed by atoms with Gasteiger partial charge in [-0.05, 0) is 79.1 Å². The Morgan fingerprint density at radius 3 is 2.18 bits per heavy atom. The average Bonchev–Trinajstić information content (AvgIpc) is 3.60. The van der Waals surface area contributed by atoms with E-state index in [2.05, 4.69) is 62.0 Å². The number of carboxylic acids is 1. The van der Waals surface area contributed by atoms with E-state index in [1.165, 1.54) is 29.5 Å². The molecular weight excluding hydrogens is 548 g/mol. The zero-order chi connectivity index (χ0) is 30.5. The van der Waals surface area contributed by atoms with E-state index in [4.69, 9.17) is 14.2 Å². The quantitative estimate of drug-likeness (QED) is 0.187. The van der Waals surface area contributed by atoms with E-state index >= 15 is 0 Å². The molecule has 44 heavy (non-hydrogen) atoms. The maximum Gasteiger partial charge on any atom is 0.341 e. The first-order valence-electron chi connectivity index (χ1n) is 15.6. The van der Waals surface area contributed by atoms with Crippen molar-refractivity contribution in [1.29, 1.82) is 0 Å². The molecule has 4 atom stereocenters. The first-order chi connectivity index (χ1) is 21.5. The fourth-order valence-corrected chi connectivity index (χ4v) is 6.95. The molecule has 226 valence electrons. The lowest BCUT2D eigenvalue weighted by atomic mass is 9.72. The molecule has 1 saturated heterocycles. The molecule has 0 aromatic heterocycles. The highest BCUT2D eigenvalue weighted by Crippen LogP contribution is 2.52. The van der Waals surface area contributed by atoms with E-state index in [1.54, 1.807) is 6.07 Å². The minimum absolute atomic E-state index is 0.00519. The monoisotopic (exact) mass is 588 g/mol. The van der Waals surface area contributed by atoms with E-state index in [-0.39, 0.29) is 24.0 Å². The lowest BCUT2D eigenvalue weighted by Gasteiger charge is -2.45. The molecule has 1 N–H and O–H groups in total. The van der Waals surface area contributed by atoms with Gasteiger partial charge in [-0.2, -0.15) is 0 Å². The van der Waals surface area contributed by atoms with Gasteiger partial charge < -0.3 is 19.3 Å². The molecule has 0 amide bonds. The molecule has 5 heteroatoms. The molecule has 6 rings (SSSR count). The molecular formula is C39H40O5. The van der Waals surface area contributed by atoms with Crippen LogP contribution < -0.4 is 9.47 Å². The number of hydrogen-bond donors (Lipinski definition) is 1. The molecule has 1 heterocycles. The first-order valence-corrected chi connectivity index (χ1v) is 15.6. The predicted molar refractivity (Wildman–Crippen MR) is 173 cm³/mol. The van der Waals surface area contributed by atoms with Gasteiger partial charge in [0.25, 0.3) is 0 Å². The summed E-state index contributed by atoms with van der Waals surface area (Å²) < 4.78 is 19.3. The maximum absolute atomic E-state index is 11.5. The van der Waals surface area contributed by atoms with Crippen LogP contribution in [0.5, 0.6) is 17.2 Å². The van der Waals surface area contributed by atoms with Crippen molar-refractivity contribution in [3.63, 3.8) is 0 Å². The van der Waals surface area contributed by atoms with Crippen LogP contribution in [-0.4, -0.2) is 23.8 Å². The summed E-state index contributed by atoms with van der Waals surface area (Å²) in [7, 11) is 0. The van der Waals surface area contributed by atoms with Crippen molar-refractivity contribution in [2.24, 2.45) is 11.8 Å². The molecule has 1 aliphatic heterocycles. The number of para-hydroxylation sites is 1. The third kappa shape index (κ3) is 6.74. The Balaban J connectivity index is 1.36. The van der Waals surface area contributed by atoms with Crippen molar-refractivity contribution in [1.82, 2.24) is 0 Å². The standard InChI is InChI=1S/C39H40O5/c1-26(2)33-24-34(29-19-17-28(18-20-29)27-11-5-3-6-12-27)38(30-13-9-10-14-30)44-39(33)35-23-32(43-31-15-7-4-8-16-31)21-22-36(35)42-25-37(40)41/h3-8,11-12,15-23,30,33-34,38-39H,1,9-10,13-14,24-25H2,2H3,(H,40,41)/t33-,34-,38+,39+/m0/s1. The van der Waals surface area contributed by atoms with E-state index in [0.29, 0.717) is 17.4 Å². The van der Waals surface area contributed by atoms with Crippen molar-refractivity contribution in [3.8, 4) is 28.4 Å². The van der Waals surface area contributed by atoms with Gasteiger partial charge in [0, 0.05) is 17.4 Å². The Hall–Kier alpha value is -4.35.